The molecule has 0 fully saturated rings. The Morgan fingerprint density at radius 2 is 2.23 bits per heavy atom. The van der Waals surface area contributed by atoms with Gasteiger partial charge < -0.3 is 4.74 Å². The molecule has 0 heterocycles. The lowest BCUT2D eigenvalue weighted by atomic mass is 9.84. The standard InChI is InChI=1S/C12H16O/c1-9-6-7-10-4-3-5-12(13-2)11(10)8-9/h3-5,9H,6-8H2,1-2H3/t9-/m1/s1. The van der Waals surface area contributed by atoms with Crippen LogP contribution in [0.5, 0.6) is 5.75 Å². The van der Waals surface area contributed by atoms with E-state index in [9.17, 15) is 0 Å². The van der Waals surface area contributed by atoms with E-state index < -0.39 is 0 Å². The largest absolute Gasteiger partial charge is 0.496 e. The fourth-order valence-corrected chi connectivity index (χ4v) is 2.12. The molecular weight excluding hydrogens is 160 g/mol. The molecule has 1 aliphatic carbocycles. The molecule has 1 nitrogen and oxygen atoms in total. The number of methoxy groups -OCH3 is 1. The SMILES string of the molecule is COc1cccc2c1C[C@H](C)CC2. The van der Waals surface area contributed by atoms with Gasteiger partial charge in [-0.2, -0.15) is 0 Å². The van der Waals surface area contributed by atoms with Crippen molar-refractivity contribution in [3.8, 4) is 5.75 Å². The van der Waals surface area contributed by atoms with Gasteiger partial charge in [-0.3, -0.25) is 0 Å². The lowest BCUT2D eigenvalue weighted by molar-refractivity contribution is 0.397. The summed E-state index contributed by atoms with van der Waals surface area (Å²) in [6, 6.07) is 6.38. The molecule has 0 bridgehead atoms. The van der Waals surface area contributed by atoms with Crippen molar-refractivity contribution in [3.63, 3.8) is 0 Å². The Kier molecular flexibility index (Phi) is 2.26. The van der Waals surface area contributed by atoms with Crippen LogP contribution >= 0.6 is 0 Å². The highest BCUT2D eigenvalue weighted by Gasteiger charge is 2.17. The quantitative estimate of drug-likeness (QED) is 0.639. The van der Waals surface area contributed by atoms with Crippen LogP contribution in [0, 0.1) is 5.92 Å². The van der Waals surface area contributed by atoms with Crippen LogP contribution < -0.4 is 4.74 Å². The molecular formula is C12H16O. The summed E-state index contributed by atoms with van der Waals surface area (Å²) < 4.78 is 5.36. The third kappa shape index (κ3) is 1.55. The predicted octanol–water partition coefficient (Wildman–Crippen LogP) is 2.82. The summed E-state index contributed by atoms with van der Waals surface area (Å²) in [6.45, 7) is 2.31. The monoisotopic (exact) mass is 176 g/mol. The summed E-state index contributed by atoms with van der Waals surface area (Å²) in [5.41, 5.74) is 2.92. The minimum Gasteiger partial charge on any atom is -0.496 e. The highest BCUT2D eigenvalue weighted by atomic mass is 16.5. The van der Waals surface area contributed by atoms with Crippen LogP contribution in [0.1, 0.15) is 24.5 Å². The number of rotatable bonds is 1. The Balaban J connectivity index is 2.41. The molecule has 1 heteroatoms. The first-order chi connectivity index (χ1) is 6.31. The van der Waals surface area contributed by atoms with Crippen molar-refractivity contribution in [1.29, 1.82) is 0 Å². The topological polar surface area (TPSA) is 9.23 Å². The summed E-state index contributed by atoms with van der Waals surface area (Å²) in [5, 5.41) is 0. The first-order valence-electron chi connectivity index (χ1n) is 4.96. The van der Waals surface area contributed by atoms with Crippen LogP contribution in [0.3, 0.4) is 0 Å². The lowest BCUT2D eigenvalue weighted by Crippen LogP contribution is -2.12. The summed E-state index contributed by atoms with van der Waals surface area (Å²) in [6.07, 6.45) is 3.72. The Morgan fingerprint density at radius 1 is 1.38 bits per heavy atom. The van der Waals surface area contributed by atoms with Gasteiger partial charge in [0.2, 0.25) is 0 Å². The van der Waals surface area contributed by atoms with Crippen LogP contribution in [0.4, 0.5) is 0 Å². The predicted molar refractivity (Wildman–Crippen MR) is 54.2 cm³/mol. The van der Waals surface area contributed by atoms with Gasteiger partial charge in [0.05, 0.1) is 7.11 Å². The Hall–Kier alpha value is -0.980. The molecule has 0 N–H and O–H groups in total. The smallest absolute Gasteiger partial charge is 0.122 e. The molecule has 0 saturated carbocycles. The highest BCUT2D eigenvalue weighted by molar-refractivity contribution is 5.41. The Labute approximate surface area is 79.7 Å². The second-order valence-electron chi connectivity index (χ2n) is 3.95. The van der Waals surface area contributed by atoms with E-state index in [-0.39, 0.29) is 0 Å². The first kappa shape index (κ1) is 8.61. The zero-order chi connectivity index (χ0) is 9.26. The summed E-state index contributed by atoms with van der Waals surface area (Å²) >= 11 is 0. The second kappa shape index (κ2) is 3.41. The summed E-state index contributed by atoms with van der Waals surface area (Å²) in [4.78, 5) is 0. The van der Waals surface area contributed by atoms with E-state index in [1.54, 1.807) is 7.11 Å². The van der Waals surface area contributed by atoms with Gasteiger partial charge in [-0.1, -0.05) is 19.1 Å². The number of hydrogen-bond donors (Lipinski definition) is 0. The highest BCUT2D eigenvalue weighted by Crippen LogP contribution is 2.31. The number of aryl methyl sites for hydroxylation is 1. The molecule has 0 radical (unpaired) electrons. The molecule has 0 spiro atoms. The fraction of sp³-hybridized carbons (Fsp3) is 0.500. The second-order valence-corrected chi connectivity index (χ2v) is 3.95. The molecule has 0 aromatic heterocycles. The van der Waals surface area contributed by atoms with Gasteiger partial charge in [-0.15, -0.1) is 0 Å². The van der Waals surface area contributed by atoms with Gasteiger partial charge in [0.15, 0.2) is 0 Å². The Bertz CT molecular complexity index is 290. The minimum absolute atomic E-state index is 0.809. The normalized spacial score (nSPS) is 20.9. The van der Waals surface area contributed by atoms with E-state index in [2.05, 4.69) is 25.1 Å². The van der Waals surface area contributed by atoms with E-state index in [0.717, 1.165) is 11.7 Å². The maximum absolute atomic E-state index is 5.36. The molecule has 2 rings (SSSR count). The average molecular weight is 176 g/mol. The molecule has 1 aromatic carbocycles. The number of fused-ring (bicyclic) bond motifs is 1. The molecule has 13 heavy (non-hydrogen) atoms. The molecule has 70 valence electrons. The summed E-state index contributed by atoms with van der Waals surface area (Å²) in [5.74, 6) is 1.88. The van der Waals surface area contributed by atoms with E-state index >= 15 is 0 Å². The van der Waals surface area contributed by atoms with E-state index in [1.165, 1.54) is 30.4 Å². The van der Waals surface area contributed by atoms with E-state index in [0.29, 0.717) is 0 Å². The molecule has 1 aliphatic rings. The minimum atomic E-state index is 0.809. The van der Waals surface area contributed by atoms with Gasteiger partial charge in [0, 0.05) is 0 Å². The zero-order valence-electron chi connectivity index (χ0n) is 8.34. The fourth-order valence-electron chi connectivity index (χ4n) is 2.12. The number of benzene rings is 1. The van der Waals surface area contributed by atoms with Crippen LogP contribution in [0.25, 0.3) is 0 Å². The van der Waals surface area contributed by atoms with Crippen molar-refractivity contribution >= 4 is 0 Å². The number of ether oxygens (including phenoxy) is 1. The van der Waals surface area contributed by atoms with Gasteiger partial charge in [0.1, 0.15) is 5.75 Å². The van der Waals surface area contributed by atoms with Crippen molar-refractivity contribution in [2.75, 3.05) is 7.11 Å². The van der Waals surface area contributed by atoms with Gasteiger partial charge in [-0.05, 0) is 42.4 Å². The molecule has 1 atom stereocenters. The first-order valence-corrected chi connectivity index (χ1v) is 4.96. The molecule has 0 saturated heterocycles. The maximum atomic E-state index is 5.36. The van der Waals surface area contributed by atoms with Crippen LogP contribution in [0.2, 0.25) is 0 Å². The zero-order valence-corrected chi connectivity index (χ0v) is 8.34. The van der Waals surface area contributed by atoms with Crippen molar-refractivity contribution in [2.24, 2.45) is 5.92 Å². The van der Waals surface area contributed by atoms with Crippen molar-refractivity contribution in [3.05, 3.63) is 29.3 Å². The third-order valence-corrected chi connectivity index (χ3v) is 2.91. The van der Waals surface area contributed by atoms with Crippen LogP contribution in [-0.2, 0) is 12.8 Å². The van der Waals surface area contributed by atoms with Crippen molar-refractivity contribution in [2.45, 2.75) is 26.2 Å². The van der Waals surface area contributed by atoms with Crippen LogP contribution in [-0.4, -0.2) is 7.11 Å². The van der Waals surface area contributed by atoms with Gasteiger partial charge in [0.25, 0.3) is 0 Å². The lowest BCUT2D eigenvalue weighted by Gasteiger charge is -2.23. The summed E-state index contributed by atoms with van der Waals surface area (Å²) in [7, 11) is 1.76. The molecule has 0 aliphatic heterocycles. The third-order valence-electron chi connectivity index (χ3n) is 2.91. The Morgan fingerprint density at radius 3 is 3.00 bits per heavy atom. The number of hydrogen-bond acceptors (Lipinski definition) is 1. The van der Waals surface area contributed by atoms with Crippen LogP contribution in [0.15, 0.2) is 18.2 Å². The average Bonchev–Trinajstić information content (AvgIpc) is 2.17. The molecule has 0 unspecified atom stereocenters. The molecule has 1 aromatic rings. The maximum Gasteiger partial charge on any atom is 0.122 e. The van der Waals surface area contributed by atoms with Crippen molar-refractivity contribution < 1.29 is 4.74 Å². The van der Waals surface area contributed by atoms with Gasteiger partial charge >= 0.3 is 0 Å². The van der Waals surface area contributed by atoms with Crippen molar-refractivity contribution in [1.82, 2.24) is 0 Å². The van der Waals surface area contributed by atoms with E-state index in [1.807, 2.05) is 0 Å². The van der Waals surface area contributed by atoms with Gasteiger partial charge in [-0.25, -0.2) is 0 Å². The molecule has 0 amide bonds. The van der Waals surface area contributed by atoms with E-state index in [4.69, 9.17) is 4.74 Å².